The number of nitrogens with one attached hydrogen (secondary N) is 1. The summed E-state index contributed by atoms with van der Waals surface area (Å²) in [5.41, 5.74) is 0. The number of hydrogen-bond acceptors (Lipinski definition) is 5. The summed E-state index contributed by atoms with van der Waals surface area (Å²) in [6.45, 7) is 4.93. The summed E-state index contributed by atoms with van der Waals surface area (Å²) in [6, 6.07) is -0.626. The Kier molecular flexibility index (Phi) is 71.4. The zero-order valence-corrected chi connectivity index (χ0v) is 56.5. The lowest BCUT2D eigenvalue weighted by atomic mass is 10.0. The third-order valence-electron chi connectivity index (χ3n) is 18.0. The summed E-state index contributed by atoms with van der Waals surface area (Å²) in [7, 11) is 0. The second-order valence-electron chi connectivity index (χ2n) is 26.3. The van der Waals surface area contributed by atoms with Crippen LogP contribution in [0.1, 0.15) is 431 Å². The van der Waals surface area contributed by atoms with E-state index in [1.807, 2.05) is 6.08 Å². The molecule has 0 heterocycles. The van der Waals surface area contributed by atoms with E-state index in [4.69, 9.17) is 4.74 Å². The van der Waals surface area contributed by atoms with Crippen LogP contribution in [0, 0.1) is 0 Å². The van der Waals surface area contributed by atoms with Crippen LogP contribution in [0.3, 0.4) is 0 Å². The third-order valence-corrected chi connectivity index (χ3v) is 18.0. The van der Waals surface area contributed by atoms with Gasteiger partial charge in [0.2, 0.25) is 5.91 Å². The van der Waals surface area contributed by atoms with Gasteiger partial charge in [-0.15, -0.1) is 0 Å². The molecule has 0 aliphatic heterocycles. The highest BCUT2D eigenvalue weighted by molar-refractivity contribution is 5.76. The number of unbranched alkanes of at least 4 members (excludes halogenated alkanes) is 59. The van der Waals surface area contributed by atoms with Gasteiger partial charge >= 0.3 is 5.97 Å². The number of amides is 1. The van der Waals surface area contributed by atoms with Crippen LogP contribution >= 0.6 is 0 Å². The molecule has 6 nitrogen and oxygen atoms in total. The van der Waals surface area contributed by atoms with Crippen LogP contribution in [0.25, 0.3) is 0 Å². The lowest BCUT2D eigenvalue weighted by Crippen LogP contribution is -2.45. The van der Waals surface area contributed by atoms with E-state index in [0.29, 0.717) is 19.4 Å². The monoisotopic (exact) mass is 1170 g/mol. The van der Waals surface area contributed by atoms with Gasteiger partial charge in [-0.1, -0.05) is 385 Å². The number of esters is 1. The van der Waals surface area contributed by atoms with Crippen LogP contribution in [0.15, 0.2) is 24.3 Å². The van der Waals surface area contributed by atoms with Gasteiger partial charge in [0, 0.05) is 12.8 Å². The van der Waals surface area contributed by atoms with E-state index < -0.39 is 12.1 Å². The van der Waals surface area contributed by atoms with Crippen molar-refractivity contribution in [3.05, 3.63) is 24.3 Å². The van der Waals surface area contributed by atoms with Crippen LogP contribution in [-0.2, 0) is 14.3 Å². The van der Waals surface area contributed by atoms with Gasteiger partial charge < -0.3 is 20.3 Å². The minimum absolute atomic E-state index is 0.0113. The first-order chi connectivity index (χ1) is 41.0. The standard InChI is InChI=1S/C77H149NO5/c1-3-5-7-9-11-13-15-17-18-19-20-21-30-33-36-39-42-46-49-53-57-61-65-69-75(80)74(73-79)78-76(81)70-66-62-58-54-50-47-43-40-37-34-31-28-26-24-22-23-25-27-29-32-35-38-41-44-48-52-56-60-64-68-72-83-77(82)71-67-63-59-55-51-45-16-14-12-10-8-6-4-2/h14,16,65,69,74-75,79-80H,3-13,15,17-64,66-68,70-73H2,1-2H3,(H,78,81)/b16-14-,69-65+. The maximum atomic E-state index is 12.5. The Labute approximate surface area is 520 Å². The molecule has 0 aromatic carbocycles. The molecule has 1 amide bonds. The molecule has 492 valence electrons. The first kappa shape index (κ1) is 81.3. The van der Waals surface area contributed by atoms with Gasteiger partial charge in [-0.2, -0.15) is 0 Å². The highest BCUT2D eigenvalue weighted by atomic mass is 16.5. The third kappa shape index (κ3) is 69.3. The van der Waals surface area contributed by atoms with Crippen molar-refractivity contribution in [1.29, 1.82) is 0 Å². The average molecular weight is 1170 g/mol. The number of rotatable bonds is 72. The molecule has 0 rings (SSSR count). The number of aliphatic hydroxyl groups is 2. The van der Waals surface area contributed by atoms with Gasteiger partial charge in [0.1, 0.15) is 0 Å². The topological polar surface area (TPSA) is 95.9 Å². The van der Waals surface area contributed by atoms with E-state index in [0.717, 1.165) is 44.9 Å². The molecular weight excluding hydrogens is 1020 g/mol. The van der Waals surface area contributed by atoms with E-state index in [2.05, 4.69) is 31.3 Å². The normalized spacial score (nSPS) is 12.6. The summed E-state index contributed by atoms with van der Waals surface area (Å²) >= 11 is 0. The fraction of sp³-hybridized carbons (Fsp3) is 0.922. The maximum Gasteiger partial charge on any atom is 0.305 e. The Bertz CT molecular complexity index is 1300. The Morgan fingerprint density at radius 1 is 0.325 bits per heavy atom. The van der Waals surface area contributed by atoms with Gasteiger partial charge in [-0.3, -0.25) is 9.59 Å². The molecule has 0 aromatic rings. The SMILES string of the molecule is CCCCCC/C=C\CCCCCCCC(=O)OCCCCCCCCCCCCCCCCCCCCCCCCCCCCCCCCC(=O)NC(CO)C(O)/C=C/CCCCCCCCCCCCCCCCCCCCCCC. The Morgan fingerprint density at radius 2 is 0.566 bits per heavy atom. The number of carbonyl (C=O) groups is 2. The van der Waals surface area contributed by atoms with Crippen molar-refractivity contribution < 1.29 is 24.5 Å². The highest BCUT2D eigenvalue weighted by Crippen LogP contribution is 2.20. The van der Waals surface area contributed by atoms with Crippen molar-refractivity contribution in [3.63, 3.8) is 0 Å². The largest absolute Gasteiger partial charge is 0.466 e. The smallest absolute Gasteiger partial charge is 0.305 e. The second kappa shape index (κ2) is 72.8. The fourth-order valence-electron chi connectivity index (χ4n) is 12.2. The van der Waals surface area contributed by atoms with Crippen LogP contribution in [-0.4, -0.2) is 47.4 Å². The second-order valence-corrected chi connectivity index (χ2v) is 26.3. The Hall–Kier alpha value is -1.66. The first-order valence-electron chi connectivity index (χ1n) is 38.1. The van der Waals surface area contributed by atoms with Crippen molar-refractivity contribution in [2.24, 2.45) is 0 Å². The summed E-state index contributed by atoms with van der Waals surface area (Å²) in [5, 5.41) is 23.3. The van der Waals surface area contributed by atoms with E-state index in [-0.39, 0.29) is 18.5 Å². The van der Waals surface area contributed by atoms with E-state index in [1.54, 1.807) is 6.08 Å². The number of hydrogen-bond donors (Lipinski definition) is 3. The van der Waals surface area contributed by atoms with Gasteiger partial charge in [0.15, 0.2) is 0 Å². The average Bonchev–Trinajstić information content (AvgIpc) is 3.48. The lowest BCUT2D eigenvalue weighted by molar-refractivity contribution is -0.143. The maximum absolute atomic E-state index is 12.5. The summed E-state index contributed by atoms with van der Waals surface area (Å²) in [5.74, 6) is -0.0478. The van der Waals surface area contributed by atoms with Crippen LogP contribution in [0.2, 0.25) is 0 Å². The molecule has 0 aliphatic rings. The summed E-state index contributed by atoms with van der Waals surface area (Å²) in [6.07, 6.45) is 92.9. The number of ether oxygens (including phenoxy) is 1. The summed E-state index contributed by atoms with van der Waals surface area (Å²) < 4.78 is 5.49. The van der Waals surface area contributed by atoms with E-state index in [9.17, 15) is 19.8 Å². The molecule has 0 radical (unpaired) electrons. The van der Waals surface area contributed by atoms with Gasteiger partial charge in [0.25, 0.3) is 0 Å². The van der Waals surface area contributed by atoms with Crippen molar-refractivity contribution >= 4 is 11.9 Å². The molecular formula is C77H149NO5. The highest BCUT2D eigenvalue weighted by Gasteiger charge is 2.18. The van der Waals surface area contributed by atoms with E-state index in [1.165, 1.54) is 360 Å². The first-order valence-corrected chi connectivity index (χ1v) is 38.1. The predicted molar refractivity (Wildman–Crippen MR) is 366 cm³/mol. The van der Waals surface area contributed by atoms with Crippen LogP contribution in [0.5, 0.6) is 0 Å². The molecule has 0 aromatic heterocycles. The van der Waals surface area contributed by atoms with Crippen molar-refractivity contribution in [2.75, 3.05) is 13.2 Å². The number of carbonyl (C=O) groups excluding carboxylic acids is 2. The molecule has 2 atom stereocenters. The summed E-state index contributed by atoms with van der Waals surface area (Å²) in [4.78, 5) is 24.6. The predicted octanol–water partition coefficient (Wildman–Crippen LogP) is 24.9. The molecule has 0 aliphatic carbocycles. The van der Waals surface area contributed by atoms with Crippen LogP contribution in [0.4, 0.5) is 0 Å². The molecule has 6 heteroatoms. The van der Waals surface area contributed by atoms with Gasteiger partial charge in [0.05, 0.1) is 25.4 Å². The number of allylic oxidation sites excluding steroid dienone is 3. The zero-order chi connectivity index (χ0) is 59.9. The molecule has 0 bridgehead atoms. The van der Waals surface area contributed by atoms with Crippen molar-refractivity contribution in [3.8, 4) is 0 Å². The molecule has 0 saturated carbocycles. The zero-order valence-electron chi connectivity index (χ0n) is 56.5. The Morgan fingerprint density at radius 3 is 0.867 bits per heavy atom. The van der Waals surface area contributed by atoms with Gasteiger partial charge in [-0.05, 0) is 57.8 Å². The van der Waals surface area contributed by atoms with Crippen molar-refractivity contribution in [2.45, 2.75) is 443 Å². The minimum atomic E-state index is -0.843. The van der Waals surface area contributed by atoms with E-state index >= 15 is 0 Å². The molecule has 0 spiro atoms. The van der Waals surface area contributed by atoms with Crippen molar-refractivity contribution in [1.82, 2.24) is 5.32 Å². The fourth-order valence-corrected chi connectivity index (χ4v) is 12.2. The Balaban J connectivity index is 3.36. The quantitative estimate of drug-likeness (QED) is 0.0320. The molecule has 3 N–H and O–H groups in total. The van der Waals surface area contributed by atoms with Gasteiger partial charge in [-0.25, -0.2) is 0 Å². The molecule has 0 saturated heterocycles. The molecule has 83 heavy (non-hydrogen) atoms. The van der Waals surface area contributed by atoms with Crippen LogP contribution < -0.4 is 5.32 Å². The number of aliphatic hydroxyl groups excluding tert-OH is 2. The molecule has 2 unspecified atom stereocenters. The lowest BCUT2D eigenvalue weighted by Gasteiger charge is -2.20. The minimum Gasteiger partial charge on any atom is -0.466 e. The molecule has 0 fully saturated rings.